The third kappa shape index (κ3) is 5.95. The predicted octanol–water partition coefficient (Wildman–Crippen LogP) is 3.71. The first-order valence-corrected chi connectivity index (χ1v) is 8.43. The number of aliphatic carboxylic acids is 1. The Morgan fingerprint density at radius 1 is 1.13 bits per heavy atom. The molecule has 132 valence electrons. The van der Waals surface area contributed by atoms with Gasteiger partial charge in [-0.15, -0.1) is 0 Å². The largest absolute Gasteiger partial charge is 0.480 e. The number of rotatable bonds is 5. The third-order valence-electron chi connectivity index (χ3n) is 4.82. The Morgan fingerprint density at radius 3 is 2.30 bits per heavy atom. The van der Waals surface area contributed by atoms with E-state index in [-0.39, 0.29) is 25.7 Å². The fraction of sp³-hybridized carbons (Fsp3) is 0.875. The first-order chi connectivity index (χ1) is 10.9. The van der Waals surface area contributed by atoms with Crippen LogP contribution in [0.15, 0.2) is 0 Å². The van der Waals surface area contributed by atoms with Gasteiger partial charge in [-0.1, -0.05) is 32.1 Å². The number of nitrogens with one attached hydrogen (secondary N) is 1. The van der Waals surface area contributed by atoms with E-state index < -0.39 is 30.1 Å². The van der Waals surface area contributed by atoms with E-state index in [1.807, 2.05) is 0 Å². The van der Waals surface area contributed by atoms with Crippen molar-refractivity contribution in [2.24, 2.45) is 5.92 Å². The molecule has 0 aromatic rings. The number of amides is 1. The SMILES string of the molecule is O=C(NC(CC1CCCCC1)C(=O)O)OC1CCC(F)(F)CC1. The van der Waals surface area contributed by atoms with Gasteiger partial charge in [-0.3, -0.25) is 0 Å². The maximum atomic E-state index is 13.1. The van der Waals surface area contributed by atoms with Crippen molar-refractivity contribution in [1.82, 2.24) is 5.32 Å². The van der Waals surface area contributed by atoms with Crippen molar-refractivity contribution < 1.29 is 28.2 Å². The number of carbonyl (C=O) groups excluding carboxylic acids is 1. The first kappa shape index (κ1) is 17.9. The third-order valence-corrected chi connectivity index (χ3v) is 4.82. The summed E-state index contributed by atoms with van der Waals surface area (Å²) in [6.07, 6.45) is 3.99. The van der Waals surface area contributed by atoms with Crippen molar-refractivity contribution in [2.75, 3.05) is 0 Å². The maximum absolute atomic E-state index is 13.1. The number of alkyl halides is 2. The number of hydrogen-bond donors (Lipinski definition) is 2. The van der Waals surface area contributed by atoms with Crippen LogP contribution in [0.1, 0.15) is 64.2 Å². The monoisotopic (exact) mass is 333 g/mol. The average Bonchev–Trinajstić information content (AvgIpc) is 2.50. The Kier molecular flexibility index (Phi) is 6.18. The molecule has 2 rings (SSSR count). The predicted molar refractivity (Wildman–Crippen MR) is 79.4 cm³/mol. The molecule has 2 aliphatic rings. The summed E-state index contributed by atoms with van der Waals surface area (Å²) in [6, 6.07) is -0.976. The van der Waals surface area contributed by atoms with Gasteiger partial charge < -0.3 is 15.2 Å². The van der Waals surface area contributed by atoms with Crippen LogP contribution < -0.4 is 5.32 Å². The standard InChI is InChI=1S/C16H25F2NO4/c17-16(18)8-6-12(7-9-16)23-15(22)19-13(14(20)21)10-11-4-2-1-3-5-11/h11-13H,1-10H2,(H,19,22)(H,20,21). The molecule has 5 nitrogen and oxygen atoms in total. The molecule has 0 heterocycles. The van der Waals surface area contributed by atoms with E-state index in [9.17, 15) is 23.5 Å². The second kappa shape index (κ2) is 7.93. The van der Waals surface area contributed by atoms with Gasteiger partial charge in [-0.05, 0) is 25.2 Å². The Morgan fingerprint density at radius 2 is 1.74 bits per heavy atom. The molecule has 1 atom stereocenters. The van der Waals surface area contributed by atoms with E-state index in [4.69, 9.17) is 4.74 Å². The molecule has 0 aliphatic heterocycles. The number of carboxylic acids is 1. The summed E-state index contributed by atoms with van der Waals surface area (Å²) in [5, 5.41) is 11.6. The normalized spacial score (nSPS) is 23.9. The Bertz CT molecular complexity index is 414. The summed E-state index contributed by atoms with van der Waals surface area (Å²) in [4.78, 5) is 23.2. The van der Waals surface area contributed by atoms with Crippen LogP contribution in [-0.4, -0.2) is 35.2 Å². The molecule has 1 amide bonds. The Hall–Kier alpha value is -1.40. The summed E-state index contributed by atoms with van der Waals surface area (Å²) in [5.74, 6) is -3.46. The highest BCUT2D eigenvalue weighted by molar-refractivity contribution is 5.79. The molecular weight excluding hydrogens is 308 g/mol. The van der Waals surface area contributed by atoms with Crippen LogP contribution in [0.25, 0.3) is 0 Å². The van der Waals surface area contributed by atoms with Gasteiger partial charge in [0, 0.05) is 12.8 Å². The van der Waals surface area contributed by atoms with Gasteiger partial charge in [0.1, 0.15) is 12.1 Å². The molecule has 0 radical (unpaired) electrons. The van der Waals surface area contributed by atoms with E-state index >= 15 is 0 Å². The molecule has 0 aromatic carbocycles. The highest BCUT2D eigenvalue weighted by atomic mass is 19.3. The molecule has 2 N–H and O–H groups in total. The minimum atomic E-state index is -2.68. The zero-order valence-corrected chi connectivity index (χ0v) is 13.2. The fourth-order valence-electron chi connectivity index (χ4n) is 3.44. The van der Waals surface area contributed by atoms with Crippen molar-refractivity contribution in [3.8, 4) is 0 Å². The van der Waals surface area contributed by atoms with Crippen molar-refractivity contribution in [3.63, 3.8) is 0 Å². The molecule has 2 aliphatic carbocycles. The lowest BCUT2D eigenvalue weighted by Crippen LogP contribution is -2.44. The molecule has 0 aromatic heterocycles. The topological polar surface area (TPSA) is 75.6 Å². The molecule has 0 bridgehead atoms. The van der Waals surface area contributed by atoms with Gasteiger partial charge in [0.2, 0.25) is 5.92 Å². The van der Waals surface area contributed by atoms with Crippen LogP contribution in [0.3, 0.4) is 0 Å². The van der Waals surface area contributed by atoms with E-state index in [1.54, 1.807) is 0 Å². The second-order valence-corrected chi connectivity index (χ2v) is 6.74. The zero-order valence-electron chi connectivity index (χ0n) is 13.2. The van der Waals surface area contributed by atoms with E-state index in [0.717, 1.165) is 25.7 Å². The number of carbonyl (C=O) groups is 2. The van der Waals surface area contributed by atoms with Gasteiger partial charge in [-0.25, -0.2) is 18.4 Å². The highest BCUT2D eigenvalue weighted by Crippen LogP contribution is 2.34. The van der Waals surface area contributed by atoms with Crippen molar-refractivity contribution >= 4 is 12.1 Å². The molecule has 0 saturated heterocycles. The van der Waals surface area contributed by atoms with Crippen LogP contribution in [0.4, 0.5) is 13.6 Å². The zero-order chi connectivity index (χ0) is 16.9. The van der Waals surface area contributed by atoms with Crippen molar-refractivity contribution in [2.45, 2.75) is 82.3 Å². The van der Waals surface area contributed by atoms with Crippen LogP contribution in [0.2, 0.25) is 0 Å². The van der Waals surface area contributed by atoms with E-state index in [0.29, 0.717) is 12.3 Å². The molecule has 2 fully saturated rings. The van der Waals surface area contributed by atoms with E-state index in [2.05, 4.69) is 5.32 Å². The van der Waals surface area contributed by atoms with E-state index in [1.165, 1.54) is 6.42 Å². The van der Waals surface area contributed by atoms with Gasteiger partial charge in [0.05, 0.1) is 0 Å². The molecule has 0 spiro atoms. The summed E-state index contributed by atoms with van der Waals surface area (Å²) in [5.41, 5.74) is 0. The van der Waals surface area contributed by atoms with Gasteiger partial charge in [0.25, 0.3) is 0 Å². The van der Waals surface area contributed by atoms with Crippen molar-refractivity contribution in [3.05, 3.63) is 0 Å². The molecule has 1 unspecified atom stereocenters. The van der Waals surface area contributed by atoms with Crippen LogP contribution in [0.5, 0.6) is 0 Å². The first-order valence-electron chi connectivity index (χ1n) is 8.43. The smallest absolute Gasteiger partial charge is 0.408 e. The lowest BCUT2D eigenvalue weighted by molar-refractivity contribution is -0.140. The minimum absolute atomic E-state index is 0.112. The summed E-state index contributed by atoms with van der Waals surface area (Å²) >= 11 is 0. The molecule has 2 saturated carbocycles. The van der Waals surface area contributed by atoms with Gasteiger partial charge in [0.15, 0.2) is 0 Å². The Balaban J connectivity index is 1.77. The van der Waals surface area contributed by atoms with Crippen LogP contribution in [0, 0.1) is 5.92 Å². The minimum Gasteiger partial charge on any atom is -0.480 e. The van der Waals surface area contributed by atoms with Gasteiger partial charge in [-0.2, -0.15) is 0 Å². The lowest BCUT2D eigenvalue weighted by Gasteiger charge is -2.29. The number of hydrogen-bond acceptors (Lipinski definition) is 3. The second-order valence-electron chi connectivity index (χ2n) is 6.74. The number of carboxylic acid groups (broad SMARTS) is 1. The summed E-state index contributed by atoms with van der Waals surface area (Å²) in [6.45, 7) is 0. The number of halogens is 2. The van der Waals surface area contributed by atoms with Crippen LogP contribution >= 0.6 is 0 Å². The summed E-state index contributed by atoms with van der Waals surface area (Å²) in [7, 11) is 0. The quantitative estimate of drug-likeness (QED) is 0.804. The molecular formula is C16H25F2NO4. The summed E-state index contributed by atoms with van der Waals surface area (Å²) < 4.78 is 31.2. The average molecular weight is 333 g/mol. The fourth-order valence-corrected chi connectivity index (χ4v) is 3.44. The van der Waals surface area contributed by atoms with Gasteiger partial charge >= 0.3 is 12.1 Å². The Labute approximate surface area is 134 Å². The number of alkyl carbamates (subject to hydrolysis) is 1. The van der Waals surface area contributed by atoms with Crippen LogP contribution in [-0.2, 0) is 9.53 Å². The highest BCUT2D eigenvalue weighted by Gasteiger charge is 2.36. The maximum Gasteiger partial charge on any atom is 0.408 e. The number of ether oxygens (including phenoxy) is 1. The molecule has 7 heteroatoms. The molecule has 23 heavy (non-hydrogen) atoms. The lowest BCUT2D eigenvalue weighted by atomic mass is 9.85. The van der Waals surface area contributed by atoms with Crippen molar-refractivity contribution in [1.29, 1.82) is 0 Å².